The molecule has 1 aromatic carbocycles. The predicted molar refractivity (Wildman–Crippen MR) is 119 cm³/mol. The van der Waals surface area contributed by atoms with Crippen molar-refractivity contribution >= 4 is 35.1 Å². The molecule has 3 aromatic rings. The third-order valence-corrected chi connectivity index (χ3v) is 4.85. The highest BCUT2D eigenvalue weighted by molar-refractivity contribution is 6.01. The number of amides is 1. The molecule has 4 rings (SSSR count). The number of hydrogen-bond acceptors (Lipinski definition) is 6. The van der Waals surface area contributed by atoms with Gasteiger partial charge in [-0.25, -0.2) is 4.98 Å². The van der Waals surface area contributed by atoms with Gasteiger partial charge in [0.2, 0.25) is 11.9 Å². The summed E-state index contributed by atoms with van der Waals surface area (Å²) in [6.07, 6.45) is 8.28. The number of aromatic nitrogens is 2. The van der Waals surface area contributed by atoms with Crippen LogP contribution in [0.1, 0.15) is 30.7 Å². The summed E-state index contributed by atoms with van der Waals surface area (Å²) in [6.45, 7) is 3.99. The molecule has 1 saturated heterocycles. The van der Waals surface area contributed by atoms with Crippen LogP contribution < -0.4 is 15.5 Å². The van der Waals surface area contributed by atoms with Crippen LogP contribution in [0.2, 0.25) is 0 Å². The largest absolute Gasteiger partial charge is 0.465 e. The molecule has 7 heteroatoms. The molecule has 0 unspecified atom stereocenters. The first-order valence-electron chi connectivity index (χ1n) is 10.2. The Labute approximate surface area is 175 Å². The van der Waals surface area contributed by atoms with E-state index in [0.29, 0.717) is 11.4 Å². The highest BCUT2D eigenvalue weighted by Crippen LogP contribution is 2.22. The standard InChI is InChI=1S/C23H25N5O2/c1-17-16-21(27-23(24-17)28-13-3-2-4-14-28)25-18-7-9-19(10-8-18)26-22(29)12-11-20-6-5-15-30-20/h5-12,15-16H,2-4,13-14H2,1H3,(H,26,29)(H,24,25,27)/b12-11+. The Balaban J connectivity index is 1.38. The number of rotatable bonds is 6. The highest BCUT2D eigenvalue weighted by Gasteiger charge is 2.14. The number of nitrogens with one attached hydrogen (secondary N) is 2. The Kier molecular flexibility index (Phi) is 6.08. The molecule has 7 nitrogen and oxygen atoms in total. The second kappa shape index (κ2) is 9.26. The van der Waals surface area contributed by atoms with E-state index in [9.17, 15) is 4.79 Å². The van der Waals surface area contributed by atoms with Crippen LogP contribution in [0.25, 0.3) is 6.08 Å². The second-order valence-corrected chi connectivity index (χ2v) is 7.28. The molecule has 1 fully saturated rings. The van der Waals surface area contributed by atoms with Crippen LogP contribution in [0.3, 0.4) is 0 Å². The molecule has 0 radical (unpaired) electrons. The first-order valence-corrected chi connectivity index (χ1v) is 10.2. The molecule has 0 spiro atoms. The summed E-state index contributed by atoms with van der Waals surface area (Å²) in [5, 5.41) is 6.16. The van der Waals surface area contributed by atoms with Gasteiger partial charge in [-0.1, -0.05) is 0 Å². The van der Waals surface area contributed by atoms with Crippen molar-refractivity contribution in [3.8, 4) is 0 Å². The zero-order chi connectivity index (χ0) is 20.8. The number of carbonyl (C=O) groups excluding carboxylic acids is 1. The molecule has 0 saturated carbocycles. The lowest BCUT2D eigenvalue weighted by Crippen LogP contribution is -2.31. The summed E-state index contributed by atoms with van der Waals surface area (Å²) in [6, 6.07) is 13.0. The molecule has 0 aliphatic carbocycles. The van der Waals surface area contributed by atoms with Gasteiger partial charge in [-0.2, -0.15) is 4.98 Å². The Morgan fingerprint density at radius 1 is 1.07 bits per heavy atom. The highest BCUT2D eigenvalue weighted by atomic mass is 16.3. The smallest absolute Gasteiger partial charge is 0.248 e. The van der Waals surface area contributed by atoms with Gasteiger partial charge in [-0.3, -0.25) is 4.79 Å². The molecule has 0 bridgehead atoms. The molecular formula is C23H25N5O2. The molecule has 2 aromatic heterocycles. The van der Waals surface area contributed by atoms with Crippen molar-refractivity contribution in [2.75, 3.05) is 28.6 Å². The van der Waals surface area contributed by atoms with E-state index in [1.807, 2.05) is 37.3 Å². The number of aryl methyl sites for hydroxylation is 1. The van der Waals surface area contributed by atoms with Crippen molar-refractivity contribution in [3.63, 3.8) is 0 Å². The van der Waals surface area contributed by atoms with Gasteiger partial charge in [-0.15, -0.1) is 0 Å². The summed E-state index contributed by atoms with van der Waals surface area (Å²) >= 11 is 0. The van der Waals surface area contributed by atoms with Crippen LogP contribution in [0.4, 0.5) is 23.1 Å². The molecule has 1 aliphatic heterocycles. The van der Waals surface area contributed by atoms with E-state index in [4.69, 9.17) is 4.42 Å². The molecular weight excluding hydrogens is 378 g/mol. The fourth-order valence-electron chi connectivity index (χ4n) is 3.36. The first-order chi connectivity index (χ1) is 14.7. The number of nitrogens with zero attached hydrogens (tertiary/aromatic N) is 3. The minimum Gasteiger partial charge on any atom is -0.465 e. The summed E-state index contributed by atoms with van der Waals surface area (Å²) in [5.41, 5.74) is 2.53. The van der Waals surface area contributed by atoms with Crippen molar-refractivity contribution in [2.24, 2.45) is 0 Å². The van der Waals surface area contributed by atoms with Crippen molar-refractivity contribution in [1.29, 1.82) is 0 Å². The van der Waals surface area contributed by atoms with E-state index in [0.717, 1.165) is 36.2 Å². The number of piperidine rings is 1. The van der Waals surface area contributed by atoms with E-state index >= 15 is 0 Å². The predicted octanol–water partition coefficient (Wildman–Crippen LogP) is 4.76. The van der Waals surface area contributed by atoms with E-state index < -0.39 is 0 Å². The van der Waals surface area contributed by atoms with E-state index in [1.54, 1.807) is 24.5 Å². The SMILES string of the molecule is Cc1cc(Nc2ccc(NC(=O)/C=C/c3ccco3)cc2)nc(N2CCCCC2)n1. The van der Waals surface area contributed by atoms with Gasteiger partial charge < -0.3 is 20.0 Å². The topological polar surface area (TPSA) is 83.3 Å². The molecule has 30 heavy (non-hydrogen) atoms. The molecule has 0 atom stereocenters. The van der Waals surface area contributed by atoms with Crippen molar-refractivity contribution < 1.29 is 9.21 Å². The van der Waals surface area contributed by atoms with Gasteiger partial charge in [0.05, 0.1) is 6.26 Å². The molecule has 154 valence electrons. The fraction of sp³-hybridized carbons (Fsp3) is 0.261. The Hall–Kier alpha value is -3.61. The number of carbonyl (C=O) groups is 1. The number of furan rings is 1. The Morgan fingerprint density at radius 2 is 1.83 bits per heavy atom. The van der Waals surface area contributed by atoms with Gasteiger partial charge in [0.1, 0.15) is 11.6 Å². The monoisotopic (exact) mass is 403 g/mol. The minimum absolute atomic E-state index is 0.218. The van der Waals surface area contributed by atoms with Gasteiger partial charge in [0, 0.05) is 42.3 Å². The van der Waals surface area contributed by atoms with Gasteiger partial charge in [-0.05, 0) is 68.7 Å². The molecule has 2 N–H and O–H groups in total. The van der Waals surface area contributed by atoms with Gasteiger partial charge in [0.15, 0.2) is 0 Å². The third kappa shape index (κ3) is 5.26. The summed E-state index contributed by atoms with van der Waals surface area (Å²) in [7, 11) is 0. The minimum atomic E-state index is -0.218. The lowest BCUT2D eigenvalue weighted by Gasteiger charge is -2.27. The molecule has 1 aliphatic rings. The second-order valence-electron chi connectivity index (χ2n) is 7.28. The van der Waals surface area contributed by atoms with E-state index in [-0.39, 0.29) is 5.91 Å². The van der Waals surface area contributed by atoms with Crippen LogP contribution in [0, 0.1) is 6.92 Å². The first kappa shape index (κ1) is 19.7. The van der Waals surface area contributed by atoms with Crippen LogP contribution in [-0.2, 0) is 4.79 Å². The Bertz CT molecular complexity index is 1010. The zero-order valence-electron chi connectivity index (χ0n) is 17.0. The van der Waals surface area contributed by atoms with Gasteiger partial charge >= 0.3 is 0 Å². The Morgan fingerprint density at radius 3 is 2.57 bits per heavy atom. The quantitative estimate of drug-likeness (QED) is 0.577. The maximum Gasteiger partial charge on any atom is 0.248 e. The van der Waals surface area contributed by atoms with Crippen LogP contribution in [0.5, 0.6) is 0 Å². The number of hydrogen-bond donors (Lipinski definition) is 2. The van der Waals surface area contributed by atoms with Crippen LogP contribution in [-0.4, -0.2) is 29.0 Å². The normalized spacial score (nSPS) is 14.1. The lowest BCUT2D eigenvalue weighted by atomic mass is 10.1. The zero-order valence-corrected chi connectivity index (χ0v) is 17.0. The van der Waals surface area contributed by atoms with Crippen molar-refractivity contribution in [2.45, 2.75) is 26.2 Å². The number of benzene rings is 1. The number of anilines is 4. The summed E-state index contributed by atoms with van der Waals surface area (Å²) < 4.78 is 5.17. The maximum absolute atomic E-state index is 12.0. The lowest BCUT2D eigenvalue weighted by molar-refractivity contribution is -0.111. The fourth-order valence-corrected chi connectivity index (χ4v) is 3.36. The average molecular weight is 403 g/mol. The maximum atomic E-state index is 12.0. The average Bonchev–Trinajstić information content (AvgIpc) is 3.28. The van der Waals surface area contributed by atoms with Crippen molar-refractivity contribution in [3.05, 3.63) is 66.3 Å². The van der Waals surface area contributed by atoms with Crippen LogP contribution in [0.15, 0.2) is 59.2 Å². The third-order valence-electron chi connectivity index (χ3n) is 4.85. The van der Waals surface area contributed by atoms with Crippen LogP contribution >= 0.6 is 0 Å². The van der Waals surface area contributed by atoms with E-state index in [1.165, 1.54) is 25.3 Å². The molecule has 3 heterocycles. The summed E-state index contributed by atoms with van der Waals surface area (Å²) in [5.74, 6) is 1.96. The summed E-state index contributed by atoms with van der Waals surface area (Å²) in [4.78, 5) is 23.6. The van der Waals surface area contributed by atoms with E-state index in [2.05, 4.69) is 25.5 Å². The van der Waals surface area contributed by atoms with Gasteiger partial charge in [0.25, 0.3) is 0 Å². The molecule has 1 amide bonds. The van der Waals surface area contributed by atoms with Crippen molar-refractivity contribution in [1.82, 2.24) is 9.97 Å².